The van der Waals surface area contributed by atoms with E-state index in [0.29, 0.717) is 18.7 Å². The lowest BCUT2D eigenvalue weighted by Gasteiger charge is -2.05. The maximum absolute atomic E-state index is 12.8. The molecule has 0 unspecified atom stereocenters. The third kappa shape index (κ3) is 4.47. The van der Waals surface area contributed by atoms with Crippen LogP contribution in [0, 0.1) is 17.7 Å². The van der Waals surface area contributed by atoms with Crippen molar-refractivity contribution in [3.05, 3.63) is 30.1 Å². The van der Waals surface area contributed by atoms with Crippen LogP contribution in [0.5, 0.6) is 0 Å². The Labute approximate surface area is 94.0 Å². The summed E-state index contributed by atoms with van der Waals surface area (Å²) >= 11 is 0. The van der Waals surface area contributed by atoms with Gasteiger partial charge in [-0.1, -0.05) is 6.07 Å². The third-order valence-corrected chi connectivity index (χ3v) is 1.79. The predicted molar refractivity (Wildman–Crippen MR) is 61.5 cm³/mol. The van der Waals surface area contributed by atoms with Crippen molar-refractivity contribution in [3.8, 4) is 11.8 Å². The number of amides is 2. The van der Waals surface area contributed by atoms with Gasteiger partial charge in [-0.05, 0) is 25.1 Å². The van der Waals surface area contributed by atoms with Crippen LogP contribution in [0.25, 0.3) is 0 Å². The average molecular weight is 220 g/mol. The Kier molecular flexibility index (Phi) is 4.87. The average Bonchev–Trinajstić information content (AvgIpc) is 2.24. The molecule has 0 aromatic heterocycles. The van der Waals surface area contributed by atoms with Crippen LogP contribution in [0.1, 0.15) is 13.3 Å². The highest BCUT2D eigenvalue weighted by Crippen LogP contribution is 2.08. The fourth-order valence-electron chi connectivity index (χ4n) is 1.11. The smallest absolute Gasteiger partial charge is 0.319 e. The van der Waals surface area contributed by atoms with E-state index in [1.807, 2.05) is 0 Å². The van der Waals surface area contributed by atoms with Crippen LogP contribution in [-0.2, 0) is 0 Å². The standard InChI is InChI=1S/C12H13FN2O/c1-2-3-4-8-14-12(16)15-11-7-5-6-10(13)9-11/h5-7,9H,4,8H2,1H3,(H2,14,15,16). The van der Waals surface area contributed by atoms with E-state index in [4.69, 9.17) is 0 Å². The number of halogens is 1. The predicted octanol–water partition coefficient (Wildman–Crippen LogP) is 2.36. The van der Waals surface area contributed by atoms with E-state index >= 15 is 0 Å². The molecule has 0 saturated carbocycles. The topological polar surface area (TPSA) is 41.1 Å². The molecule has 1 aromatic rings. The minimum atomic E-state index is -0.380. The van der Waals surface area contributed by atoms with Crippen molar-refractivity contribution in [1.82, 2.24) is 5.32 Å². The minimum Gasteiger partial charge on any atom is -0.337 e. The zero-order valence-electron chi connectivity index (χ0n) is 9.01. The van der Waals surface area contributed by atoms with Gasteiger partial charge in [0.2, 0.25) is 0 Å². The molecule has 0 radical (unpaired) electrons. The molecule has 3 nitrogen and oxygen atoms in total. The second-order valence-corrected chi connectivity index (χ2v) is 3.07. The zero-order valence-corrected chi connectivity index (χ0v) is 9.01. The molecule has 84 valence electrons. The van der Waals surface area contributed by atoms with Gasteiger partial charge in [-0.2, -0.15) is 0 Å². The zero-order chi connectivity index (χ0) is 11.8. The first kappa shape index (κ1) is 12.1. The number of urea groups is 1. The number of carbonyl (C=O) groups excluding carboxylic acids is 1. The molecule has 0 bridgehead atoms. The van der Waals surface area contributed by atoms with Crippen LogP contribution >= 0.6 is 0 Å². The molecular weight excluding hydrogens is 207 g/mol. The lowest BCUT2D eigenvalue weighted by atomic mass is 10.3. The molecule has 16 heavy (non-hydrogen) atoms. The van der Waals surface area contributed by atoms with Crippen LogP contribution < -0.4 is 10.6 Å². The number of rotatable bonds is 3. The molecule has 1 aromatic carbocycles. The van der Waals surface area contributed by atoms with Gasteiger partial charge in [0.1, 0.15) is 5.82 Å². The quantitative estimate of drug-likeness (QED) is 0.596. The van der Waals surface area contributed by atoms with Crippen LogP contribution in [-0.4, -0.2) is 12.6 Å². The van der Waals surface area contributed by atoms with Crippen molar-refractivity contribution in [2.75, 3.05) is 11.9 Å². The van der Waals surface area contributed by atoms with Crippen molar-refractivity contribution >= 4 is 11.7 Å². The van der Waals surface area contributed by atoms with Crippen molar-refractivity contribution in [2.45, 2.75) is 13.3 Å². The van der Waals surface area contributed by atoms with E-state index in [1.54, 1.807) is 13.0 Å². The summed E-state index contributed by atoms with van der Waals surface area (Å²) in [5.41, 5.74) is 0.430. The Morgan fingerprint density at radius 3 is 3.00 bits per heavy atom. The van der Waals surface area contributed by atoms with E-state index in [9.17, 15) is 9.18 Å². The van der Waals surface area contributed by atoms with E-state index in [0.717, 1.165) is 0 Å². The Morgan fingerprint density at radius 1 is 1.50 bits per heavy atom. The van der Waals surface area contributed by atoms with Gasteiger partial charge < -0.3 is 10.6 Å². The molecule has 1 rings (SSSR count). The van der Waals surface area contributed by atoms with Crippen molar-refractivity contribution < 1.29 is 9.18 Å². The second kappa shape index (κ2) is 6.46. The molecular formula is C12H13FN2O. The summed E-state index contributed by atoms with van der Waals surface area (Å²) < 4.78 is 12.8. The van der Waals surface area contributed by atoms with Gasteiger partial charge in [-0.15, -0.1) is 11.8 Å². The highest BCUT2D eigenvalue weighted by atomic mass is 19.1. The number of benzene rings is 1. The highest BCUT2D eigenvalue weighted by Gasteiger charge is 2.00. The Morgan fingerprint density at radius 2 is 2.31 bits per heavy atom. The SMILES string of the molecule is CC#CCCNC(=O)Nc1cccc(F)c1. The molecule has 4 heteroatoms. The van der Waals surface area contributed by atoms with Gasteiger partial charge >= 0.3 is 6.03 Å². The summed E-state index contributed by atoms with van der Waals surface area (Å²) in [6, 6.07) is 5.37. The van der Waals surface area contributed by atoms with E-state index < -0.39 is 0 Å². The number of hydrogen-bond donors (Lipinski definition) is 2. The summed E-state index contributed by atoms with van der Waals surface area (Å²) in [7, 11) is 0. The minimum absolute atomic E-state index is 0.358. The first-order valence-corrected chi connectivity index (χ1v) is 4.92. The molecule has 2 N–H and O–H groups in total. The molecule has 0 fully saturated rings. The molecule has 0 aliphatic rings. The summed E-state index contributed by atoms with van der Waals surface area (Å²) in [5.74, 6) is 5.17. The fraction of sp³-hybridized carbons (Fsp3) is 0.250. The summed E-state index contributed by atoms with van der Waals surface area (Å²) in [6.45, 7) is 2.22. The number of nitrogens with one attached hydrogen (secondary N) is 2. The summed E-state index contributed by atoms with van der Waals surface area (Å²) in [6.07, 6.45) is 0.604. The van der Waals surface area contributed by atoms with Gasteiger partial charge in [0.05, 0.1) is 0 Å². The maximum atomic E-state index is 12.8. The van der Waals surface area contributed by atoms with Crippen molar-refractivity contribution in [3.63, 3.8) is 0 Å². The lowest BCUT2D eigenvalue weighted by molar-refractivity contribution is 0.252. The molecule has 0 heterocycles. The van der Waals surface area contributed by atoms with Gasteiger partial charge in [0.25, 0.3) is 0 Å². The second-order valence-electron chi connectivity index (χ2n) is 3.07. The first-order valence-electron chi connectivity index (χ1n) is 4.92. The van der Waals surface area contributed by atoms with Crippen molar-refractivity contribution in [1.29, 1.82) is 0 Å². The number of anilines is 1. The molecule has 0 aliphatic carbocycles. The Hall–Kier alpha value is -2.02. The van der Waals surface area contributed by atoms with E-state index in [1.165, 1.54) is 18.2 Å². The monoisotopic (exact) mass is 220 g/mol. The van der Waals surface area contributed by atoms with E-state index in [-0.39, 0.29) is 11.8 Å². The van der Waals surface area contributed by atoms with Crippen molar-refractivity contribution in [2.24, 2.45) is 0 Å². The van der Waals surface area contributed by atoms with Crippen LogP contribution in [0.2, 0.25) is 0 Å². The van der Waals surface area contributed by atoms with E-state index in [2.05, 4.69) is 22.5 Å². The molecule has 2 amide bonds. The third-order valence-electron chi connectivity index (χ3n) is 1.79. The van der Waals surface area contributed by atoms with Crippen LogP contribution in [0.15, 0.2) is 24.3 Å². The normalized spacial score (nSPS) is 8.88. The fourth-order valence-corrected chi connectivity index (χ4v) is 1.11. The Bertz CT molecular complexity index is 421. The number of carbonyl (C=O) groups is 1. The van der Waals surface area contributed by atoms with Gasteiger partial charge in [-0.3, -0.25) is 0 Å². The largest absolute Gasteiger partial charge is 0.337 e. The molecule has 0 spiro atoms. The van der Waals surface area contributed by atoms with Gasteiger partial charge in [-0.25, -0.2) is 9.18 Å². The number of hydrogen-bond acceptors (Lipinski definition) is 1. The highest BCUT2D eigenvalue weighted by molar-refractivity contribution is 5.89. The molecule has 0 atom stereocenters. The van der Waals surface area contributed by atoms with Crippen LogP contribution in [0.4, 0.5) is 14.9 Å². The maximum Gasteiger partial charge on any atom is 0.319 e. The molecule has 0 saturated heterocycles. The van der Waals surface area contributed by atoms with Gasteiger partial charge in [0, 0.05) is 18.7 Å². The summed E-state index contributed by atoms with van der Waals surface area (Å²) in [4.78, 5) is 11.3. The van der Waals surface area contributed by atoms with Crippen LogP contribution in [0.3, 0.4) is 0 Å². The first-order chi connectivity index (χ1) is 7.72. The Balaban J connectivity index is 2.36. The molecule has 0 aliphatic heterocycles. The lowest BCUT2D eigenvalue weighted by Crippen LogP contribution is -2.29. The van der Waals surface area contributed by atoms with Gasteiger partial charge in [0.15, 0.2) is 0 Å². The summed E-state index contributed by atoms with van der Waals surface area (Å²) in [5, 5.41) is 5.13.